The summed E-state index contributed by atoms with van der Waals surface area (Å²) in [6.45, 7) is 0.356. The van der Waals surface area contributed by atoms with Crippen LogP contribution in [0.1, 0.15) is 16.7 Å². The van der Waals surface area contributed by atoms with E-state index in [9.17, 15) is 9.90 Å². The van der Waals surface area contributed by atoms with Crippen LogP contribution in [-0.4, -0.2) is 11.4 Å². The van der Waals surface area contributed by atoms with Crippen LogP contribution in [0.15, 0.2) is 36.4 Å². The van der Waals surface area contributed by atoms with Crippen LogP contribution in [0, 0.1) is 0 Å². The molecule has 1 N–H and O–H groups in total. The molecule has 0 radical (unpaired) electrons. The molecule has 0 spiro atoms. The number of aldehydes is 1. The van der Waals surface area contributed by atoms with Gasteiger partial charge in [-0.2, -0.15) is 0 Å². The molecular formula is C16H14BrClO3. The van der Waals surface area contributed by atoms with Gasteiger partial charge in [-0.25, -0.2) is 0 Å². The number of rotatable bonds is 6. The number of hydrogen-bond donors (Lipinski definition) is 1. The summed E-state index contributed by atoms with van der Waals surface area (Å²) in [4.78, 5) is 10.5. The summed E-state index contributed by atoms with van der Waals surface area (Å²) in [6, 6.07) is 11.3. The van der Waals surface area contributed by atoms with Gasteiger partial charge in [0.15, 0.2) is 0 Å². The minimum atomic E-state index is -0.101. The Bertz CT molecular complexity index is 626. The second kappa shape index (κ2) is 7.48. The molecule has 0 bridgehead atoms. The van der Waals surface area contributed by atoms with Gasteiger partial charge in [0.2, 0.25) is 0 Å². The monoisotopic (exact) mass is 368 g/mol. The molecule has 3 nitrogen and oxygen atoms in total. The summed E-state index contributed by atoms with van der Waals surface area (Å²) in [7, 11) is 0. The van der Waals surface area contributed by atoms with Crippen molar-refractivity contribution in [3.05, 3.63) is 58.1 Å². The molecule has 0 fully saturated rings. The Balaban J connectivity index is 2.09. The van der Waals surface area contributed by atoms with Crippen LogP contribution in [0.3, 0.4) is 0 Å². The summed E-state index contributed by atoms with van der Waals surface area (Å²) in [5.41, 5.74) is 2.68. The van der Waals surface area contributed by atoms with E-state index in [2.05, 4.69) is 15.9 Å². The fourth-order valence-electron chi connectivity index (χ4n) is 1.84. The Morgan fingerprint density at radius 1 is 1.14 bits per heavy atom. The highest BCUT2D eigenvalue weighted by molar-refractivity contribution is 9.08. The number of carbonyl (C=O) groups is 1. The third kappa shape index (κ3) is 3.99. The van der Waals surface area contributed by atoms with Gasteiger partial charge in [0.1, 0.15) is 29.4 Å². The number of alkyl halides is 1. The minimum Gasteiger partial charge on any atom is -0.506 e. The number of phenols is 1. The Hall–Kier alpha value is -1.52. The molecule has 110 valence electrons. The third-order valence-corrected chi connectivity index (χ3v) is 4.05. The van der Waals surface area contributed by atoms with Gasteiger partial charge in [-0.3, -0.25) is 0 Å². The molecule has 0 aliphatic rings. The van der Waals surface area contributed by atoms with Gasteiger partial charge in [0.25, 0.3) is 0 Å². The first-order valence-electron chi connectivity index (χ1n) is 6.36. The molecule has 0 saturated heterocycles. The van der Waals surface area contributed by atoms with Crippen LogP contribution in [0.25, 0.3) is 0 Å². The average molecular weight is 370 g/mol. The first kappa shape index (κ1) is 15.9. The SMILES string of the molecule is O=CCc1ccc(OCc2ccc(CBr)cc2)c(Cl)c1O. The first-order chi connectivity index (χ1) is 10.2. The van der Waals surface area contributed by atoms with Crippen molar-refractivity contribution in [1.82, 2.24) is 0 Å². The zero-order valence-electron chi connectivity index (χ0n) is 11.2. The van der Waals surface area contributed by atoms with E-state index in [1.807, 2.05) is 24.3 Å². The maximum absolute atomic E-state index is 10.5. The normalized spacial score (nSPS) is 10.4. The quantitative estimate of drug-likeness (QED) is 0.611. The number of carbonyl (C=O) groups excluding carboxylic acids is 1. The number of halogens is 2. The van der Waals surface area contributed by atoms with E-state index in [4.69, 9.17) is 16.3 Å². The molecule has 0 unspecified atom stereocenters. The van der Waals surface area contributed by atoms with Gasteiger partial charge in [-0.1, -0.05) is 57.9 Å². The fraction of sp³-hybridized carbons (Fsp3) is 0.188. The summed E-state index contributed by atoms with van der Waals surface area (Å²) >= 11 is 9.44. The Morgan fingerprint density at radius 2 is 1.81 bits per heavy atom. The molecule has 0 atom stereocenters. The Morgan fingerprint density at radius 3 is 2.43 bits per heavy atom. The lowest BCUT2D eigenvalue weighted by molar-refractivity contribution is -0.107. The topological polar surface area (TPSA) is 46.5 Å². The molecule has 0 aromatic heterocycles. The second-order valence-electron chi connectivity index (χ2n) is 4.50. The van der Waals surface area contributed by atoms with Gasteiger partial charge < -0.3 is 14.6 Å². The summed E-state index contributed by atoms with van der Waals surface area (Å²) in [6.07, 6.45) is 0.844. The van der Waals surface area contributed by atoms with Crippen molar-refractivity contribution in [2.24, 2.45) is 0 Å². The van der Waals surface area contributed by atoms with E-state index in [1.54, 1.807) is 12.1 Å². The lowest BCUT2D eigenvalue weighted by Gasteiger charge is -2.11. The molecule has 2 aromatic carbocycles. The van der Waals surface area contributed by atoms with Crippen molar-refractivity contribution in [3.8, 4) is 11.5 Å². The smallest absolute Gasteiger partial charge is 0.142 e. The maximum Gasteiger partial charge on any atom is 0.142 e. The van der Waals surface area contributed by atoms with Gasteiger partial charge in [0, 0.05) is 17.3 Å². The molecule has 2 aromatic rings. The molecule has 21 heavy (non-hydrogen) atoms. The van der Waals surface area contributed by atoms with Gasteiger partial charge >= 0.3 is 0 Å². The van der Waals surface area contributed by atoms with E-state index in [-0.39, 0.29) is 17.2 Å². The number of phenolic OH excluding ortho intramolecular Hbond substituents is 1. The van der Waals surface area contributed by atoms with Crippen molar-refractivity contribution in [3.63, 3.8) is 0 Å². The van der Waals surface area contributed by atoms with Crippen molar-refractivity contribution >= 4 is 33.8 Å². The Kier molecular flexibility index (Phi) is 5.65. The van der Waals surface area contributed by atoms with Crippen LogP contribution in [0.5, 0.6) is 11.5 Å². The zero-order valence-corrected chi connectivity index (χ0v) is 13.5. The van der Waals surface area contributed by atoms with E-state index in [0.29, 0.717) is 17.9 Å². The van der Waals surface area contributed by atoms with Crippen molar-refractivity contribution in [1.29, 1.82) is 0 Å². The van der Waals surface area contributed by atoms with Crippen LogP contribution in [0.4, 0.5) is 0 Å². The molecular weight excluding hydrogens is 356 g/mol. The van der Waals surface area contributed by atoms with E-state index in [0.717, 1.165) is 17.2 Å². The average Bonchev–Trinajstić information content (AvgIpc) is 2.52. The lowest BCUT2D eigenvalue weighted by atomic mass is 10.1. The van der Waals surface area contributed by atoms with E-state index in [1.165, 1.54) is 5.56 Å². The minimum absolute atomic E-state index is 0.101. The van der Waals surface area contributed by atoms with E-state index < -0.39 is 0 Å². The number of ether oxygens (including phenoxy) is 1. The largest absolute Gasteiger partial charge is 0.506 e. The van der Waals surface area contributed by atoms with Gasteiger partial charge in [0.05, 0.1) is 0 Å². The third-order valence-electron chi connectivity index (χ3n) is 3.04. The van der Waals surface area contributed by atoms with E-state index >= 15 is 0 Å². The molecule has 5 heteroatoms. The molecule has 0 saturated carbocycles. The predicted octanol–water partition coefficient (Wildman–Crippen LogP) is 4.26. The first-order valence-corrected chi connectivity index (χ1v) is 7.86. The summed E-state index contributed by atoms with van der Waals surface area (Å²) in [5.74, 6) is 0.296. The zero-order chi connectivity index (χ0) is 15.2. The fourth-order valence-corrected chi connectivity index (χ4v) is 2.45. The molecule has 2 rings (SSSR count). The van der Waals surface area contributed by atoms with Crippen molar-refractivity contribution in [2.45, 2.75) is 18.4 Å². The standard InChI is InChI=1S/C16H14BrClO3/c17-9-11-1-3-12(4-2-11)10-21-14-6-5-13(7-8-19)16(20)15(14)18/h1-6,8,20H,7,9-10H2. The molecule has 0 aliphatic carbocycles. The summed E-state index contributed by atoms with van der Waals surface area (Å²) < 4.78 is 5.62. The van der Waals surface area contributed by atoms with Crippen LogP contribution < -0.4 is 4.74 Å². The maximum atomic E-state index is 10.5. The molecule has 0 amide bonds. The number of hydrogen-bond acceptors (Lipinski definition) is 3. The van der Waals surface area contributed by atoms with Crippen molar-refractivity contribution < 1.29 is 14.6 Å². The number of benzene rings is 2. The highest BCUT2D eigenvalue weighted by Crippen LogP contribution is 2.36. The predicted molar refractivity (Wildman–Crippen MR) is 86.3 cm³/mol. The van der Waals surface area contributed by atoms with Gasteiger partial charge in [-0.05, 0) is 17.2 Å². The van der Waals surface area contributed by atoms with Crippen LogP contribution in [0.2, 0.25) is 5.02 Å². The Labute approximate surface area is 136 Å². The van der Waals surface area contributed by atoms with Gasteiger partial charge in [-0.15, -0.1) is 0 Å². The molecule has 0 aliphatic heterocycles. The molecule has 0 heterocycles. The summed E-state index contributed by atoms with van der Waals surface area (Å²) in [5, 5.41) is 10.8. The van der Waals surface area contributed by atoms with Crippen LogP contribution >= 0.6 is 27.5 Å². The lowest BCUT2D eigenvalue weighted by Crippen LogP contribution is -1.97. The van der Waals surface area contributed by atoms with Crippen molar-refractivity contribution in [2.75, 3.05) is 0 Å². The second-order valence-corrected chi connectivity index (χ2v) is 5.43. The highest BCUT2D eigenvalue weighted by Gasteiger charge is 2.11. The number of aromatic hydroxyl groups is 1. The van der Waals surface area contributed by atoms with Crippen LogP contribution in [-0.2, 0) is 23.2 Å². The highest BCUT2D eigenvalue weighted by atomic mass is 79.9.